The molecule has 0 amide bonds. The van der Waals surface area contributed by atoms with Crippen molar-refractivity contribution in [2.24, 2.45) is 0 Å². The van der Waals surface area contributed by atoms with Gasteiger partial charge in [-0.1, -0.05) is 30.3 Å². The van der Waals surface area contributed by atoms with Crippen molar-refractivity contribution >= 4 is 21.5 Å². The van der Waals surface area contributed by atoms with Crippen LogP contribution >= 0.6 is 0 Å². The molecule has 0 saturated carbocycles. The zero-order chi connectivity index (χ0) is 11.1. The largest absolute Gasteiger partial charge is 0.508 e. The molecule has 2 N–H and O–H groups in total. The number of phenolic OH excluding ortho intramolecular Hbond substituents is 2. The molecule has 0 spiro atoms. The predicted octanol–water partition coefficient (Wildman–Crippen LogP) is 3.40. The molecule has 0 aromatic heterocycles. The van der Waals surface area contributed by atoms with Crippen LogP contribution in [-0.2, 0) is 0 Å². The third-order valence-electron chi connectivity index (χ3n) is 2.84. The van der Waals surface area contributed by atoms with Gasteiger partial charge in [0.25, 0.3) is 0 Å². The van der Waals surface area contributed by atoms with Gasteiger partial charge in [-0.15, -0.1) is 0 Å². The second kappa shape index (κ2) is 3.14. The zero-order valence-electron chi connectivity index (χ0n) is 8.51. The molecule has 0 aliphatic heterocycles. The summed E-state index contributed by atoms with van der Waals surface area (Å²) in [6, 6.07) is 14.5. The molecule has 0 atom stereocenters. The van der Waals surface area contributed by atoms with Gasteiger partial charge in [0.05, 0.1) is 0 Å². The van der Waals surface area contributed by atoms with Gasteiger partial charge in [-0.05, 0) is 34.4 Å². The van der Waals surface area contributed by atoms with Crippen molar-refractivity contribution in [3.8, 4) is 11.5 Å². The zero-order valence-corrected chi connectivity index (χ0v) is 8.51. The summed E-state index contributed by atoms with van der Waals surface area (Å²) < 4.78 is 0. The lowest BCUT2D eigenvalue weighted by Crippen LogP contribution is -1.78. The molecule has 2 nitrogen and oxygen atoms in total. The van der Waals surface area contributed by atoms with Gasteiger partial charge in [-0.25, -0.2) is 0 Å². The molecule has 0 unspecified atom stereocenters. The van der Waals surface area contributed by atoms with Crippen LogP contribution in [0.15, 0.2) is 48.5 Å². The second-order valence-electron chi connectivity index (χ2n) is 3.84. The minimum Gasteiger partial charge on any atom is -0.508 e. The second-order valence-corrected chi connectivity index (χ2v) is 3.84. The Bertz CT molecular complexity index is 687. The topological polar surface area (TPSA) is 40.5 Å². The average Bonchev–Trinajstić information content (AvgIpc) is 2.29. The fourth-order valence-electron chi connectivity index (χ4n) is 2.06. The summed E-state index contributed by atoms with van der Waals surface area (Å²) in [5.41, 5.74) is 0. The Labute approximate surface area is 92.4 Å². The lowest BCUT2D eigenvalue weighted by atomic mass is 10.0. The van der Waals surface area contributed by atoms with Crippen molar-refractivity contribution in [2.45, 2.75) is 0 Å². The molecular formula is C14H10O2. The molecule has 0 aliphatic carbocycles. The van der Waals surface area contributed by atoms with E-state index >= 15 is 0 Å². The van der Waals surface area contributed by atoms with Gasteiger partial charge in [-0.3, -0.25) is 0 Å². The first-order valence-corrected chi connectivity index (χ1v) is 5.09. The Morgan fingerprint density at radius 2 is 1.50 bits per heavy atom. The summed E-state index contributed by atoms with van der Waals surface area (Å²) in [5, 5.41) is 23.0. The molecule has 3 aromatic carbocycles. The monoisotopic (exact) mass is 210 g/mol. The van der Waals surface area contributed by atoms with Crippen molar-refractivity contribution in [1.29, 1.82) is 0 Å². The summed E-state index contributed by atoms with van der Waals surface area (Å²) in [6.07, 6.45) is 0. The van der Waals surface area contributed by atoms with Crippen LogP contribution in [0.3, 0.4) is 0 Å². The molecule has 0 radical (unpaired) electrons. The van der Waals surface area contributed by atoms with Crippen LogP contribution in [0.25, 0.3) is 21.5 Å². The van der Waals surface area contributed by atoms with Gasteiger partial charge < -0.3 is 10.2 Å². The van der Waals surface area contributed by atoms with Crippen molar-refractivity contribution in [3.63, 3.8) is 0 Å². The highest BCUT2D eigenvalue weighted by atomic mass is 16.3. The molecule has 0 saturated heterocycles. The van der Waals surface area contributed by atoms with E-state index in [9.17, 15) is 10.2 Å². The number of fused-ring (bicyclic) bond motifs is 3. The molecule has 16 heavy (non-hydrogen) atoms. The molecule has 0 bridgehead atoms. The number of hydrogen-bond donors (Lipinski definition) is 2. The van der Waals surface area contributed by atoms with Gasteiger partial charge >= 0.3 is 0 Å². The average molecular weight is 210 g/mol. The maximum atomic E-state index is 9.74. The number of phenols is 2. The van der Waals surface area contributed by atoms with Gasteiger partial charge in [-0.2, -0.15) is 0 Å². The highest BCUT2D eigenvalue weighted by Crippen LogP contribution is 2.32. The minimum atomic E-state index is 0.239. The molecule has 3 rings (SSSR count). The van der Waals surface area contributed by atoms with Crippen molar-refractivity contribution in [3.05, 3.63) is 48.5 Å². The van der Waals surface area contributed by atoms with Gasteiger partial charge in [0.15, 0.2) is 0 Å². The molecule has 0 aliphatic rings. The standard InChI is InChI=1S/C14H10O2/c15-10-6-4-9-5-7-12-11(13(9)8-10)2-1-3-14(12)16/h1-8,15-16H. The first kappa shape index (κ1) is 9.04. The van der Waals surface area contributed by atoms with E-state index in [1.54, 1.807) is 24.3 Å². The predicted molar refractivity (Wildman–Crippen MR) is 64.8 cm³/mol. The van der Waals surface area contributed by atoms with Crippen LogP contribution in [0.1, 0.15) is 0 Å². The summed E-state index contributed by atoms with van der Waals surface area (Å²) in [5.74, 6) is 0.506. The van der Waals surface area contributed by atoms with Crippen LogP contribution in [-0.4, -0.2) is 10.2 Å². The van der Waals surface area contributed by atoms with Crippen LogP contribution in [0.4, 0.5) is 0 Å². The summed E-state index contributed by atoms with van der Waals surface area (Å²) >= 11 is 0. The Hall–Kier alpha value is -2.22. The number of hydrogen-bond acceptors (Lipinski definition) is 2. The molecular weight excluding hydrogens is 200 g/mol. The van der Waals surface area contributed by atoms with Crippen molar-refractivity contribution in [1.82, 2.24) is 0 Å². The Morgan fingerprint density at radius 3 is 2.38 bits per heavy atom. The van der Waals surface area contributed by atoms with E-state index in [0.29, 0.717) is 0 Å². The number of rotatable bonds is 0. The van der Waals surface area contributed by atoms with E-state index in [-0.39, 0.29) is 11.5 Å². The van der Waals surface area contributed by atoms with Crippen LogP contribution < -0.4 is 0 Å². The SMILES string of the molecule is Oc1ccc2ccc3c(O)cccc3c2c1. The van der Waals surface area contributed by atoms with Gasteiger partial charge in [0.1, 0.15) is 11.5 Å². The van der Waals surface area contributed by atoms with E-state index in [1.807, 2.05) is 24.3 Å². The van der Waals surface area contributed by atoms with Gasteiger partial charge in [0, 0.05) is 5.39 Å². The third kappa shape index (κ3) is 1.20. The smallest absolute Gasteiger partial charge is 0.123 e. The summed E-state index contributed by atoms with van der Waals surface area (Å²) in [4.78, 5) is 0. The van der Waals surface area contributed by atoms with Crippen LogP contribution in [0, 0.1) is 0 Å². The summed E-state index contributed by atoms with van der Waals surface area (Å²) in [6.45, 7) is 0. The summed E-state index contributed by atoms with van der Waals surface area (Å²) in [7, 11) is 0. The maximum Gasteiger partial charge on any atom is 0.123 e. The lowest BCUT2D eigenvalue weighted by molar-refractivity contribution is 0.476. The van der Waals surface area contributed by atoms with Crippen molar-refractivity contribution < 1.29 is 10.2 Å². The first-order valence-electron chi connectivity index (χ1n) is 5.09. The van der Waals surface area contributed by atoms with E-state index in [0.717, 1.165) is 21.5 Å². The van der Waals surface area contributed by atoms with E-state index in [1.165, 1.54) is 0 Å². The Morgan fingerprint density at radius 1 is 0.688 bits per heavy atom. The Balaban J connectivity index is 2.58. The maximum absolute atomic E-state index is 9.74. The molecule has 0 heterocycles. The van der Waals surface area contributed by atoms with Crippen molar-refractivity contribution in [2.75, 3.05) is 0 Å². The molecule has 78 valence electrons. The minimum absolute atomic E-state index is 0.239. The quantitative estimate of drug-likeness (QED) is 0.558. The fraction of sp³-hybridized carbons (Fsp3) is 0. The normalized spacial score (nSPS) is 11.0. The van der Waals surface area contributed by atoms with Gasteiger partial charge in [0.2, 0.25) is 0 Å². The highest BCUT2D eigenvalue weighted by Gasteiger charge is 2.03. The number of benzene rings is 3. The van der Waals surface area contributed by atoms with Crippen LogP contribution in [0.2, 0.25) is 0 Å². The molecule has 3 aromatic rings. The first-order chi connectivity index (χ1) is 7.75. The van der Waals surface area contributed by atoms with Crippen LogP contribution in [0.5, 0.6) is 11.5 Å². The highest BCUT2D eigenvalue weighted by molar-refractivity contribution is 6.09. The number of aromatic hydroxyl groups is 2. The van der Waals surface area contributed by atoms with E-state index < -0.39 is 0 Å². The Kier molecular flexibility index (Phi) is 1.77. The fourth-order valence-corrected chi connectivity index (χ4v) is 2.06. The molecule has 2 heteroatoms. The van der Waals surface area contributed by atoms with E-state index in [4.69, 9.17) is 0 Å². The third-order valence-corrected chi connectivity index (χ3v) is 2.84. The van der Waals surface area contributed by atoms with E-state index in [2.05, 4.69) is 0 Å². The lowest BCUT2D eigenvalue weighted by Gasteiger charge is -2.05. The molecule has 0 fully saturated rings.